The van der Waals surface area contributed by atoms with Crippen LogP contribution in [-0.4, -0.2) is 16.4 Å². The molecule has 0 heterocycles. The van der Waals surface area contributed by atoms with E-state index in [1.807, 2.05) is 0 Å². The molecule has 0 fully saturated rings. The molecule has 0 saturated carbocycles. The zero-order valence-corrected chi connectivity index (χ0v) is 4.48. The Morgan fingerprint density at radius 1 is 1.33 bits per heavy atom. The van der Waals surface area contributed by atoms with Crippen molar-refractivity contribution in [2.45, 2.75) is 0 Å². The van der Waals surface area contributed by atoms with Gasteiger partial charge in [-0.3, -0.25) is 0 Å². The predicted molar refractivity (Wildman–Crippen MR) is 10.7 cm³/mol. The third kappa shape index (κ3) is 626. The van der Waals surface area contributed by atoms with Crippen LogP contribution in [0.5, 0.6) is 0 Å². The summed E-state index contributed by atoms with van der Waals surface area (Å²) in [7, 11) is 0. The molecule has 0 aromatic rings. The van der Waals surface area contributed by atoms with Crippen molar-refractivity contribution >= 4 is 6.16 Å². The van der Waals surface area contributed by atoms with Gasteiger partial charge in [-0.2, -0.15) is 0 Å². The molecule has 1 radical (unpaired) electrons. The van der Waals surface area contributed by atoms with Crippen molar-refractivity contribution in [1.82, 2.24) is 0 Å². The normalized spacial score (nSPS) is 4.00. The van der Waals surface area contributed by atoms with Gasteiger partial charge in [0, 0.05) is 33.3 Å². The Kier molecular flexibility index (Phi) is 24.4. The molecule has 0 aromatic carbocycles. The van der Waals surface area contributed by atoms with E-state index < -0.39 is 6.16 Å². The molecule has 0 aliphatic rings. The maximum absolute atomic E-state index is 8.56. The Morgan fingerprint density at radius 3 is 1.33 bits per heavy atom. The summed E-state index contributed by atoms with van der Waals surface area (Å²) < 4.78 is 0. The third-order valence-electron chi connectivity index (χ3n) is 0. The molecule has 0 rings (SSSR count). The van der Waals surface area contributed by atoms with E-state index >= 15 is 0 Å². The Labute approximate surface area is 54.9 Å². The molecule has 3 nitrogen and oxygen atoms in total. The molecule has 5 heteroatoms. The van der Waals surface area contributed by atoms with Crippen LogP contribution >= 0.6 is 0 Å². The van der Waals surface area contributed by atoms with Crippen molar-refractivity contribution in [2.75, 3.05) is 0 Å². The van der Waals surface area contributed by atoms with E-state index in [9.17, 15) is 0 Å². The van der Waals surface area contributed by atoms with Crippen LogP contribution in [-0.2, 0) is 33.3 Å². The van der Waals surface area contributed by atoms with Crippen LogP contribution in [0.4, 0.5) is 4.79 Å². The van der Waals surface area contributed by atoms with Crippen molar-refractivity contribution in [2.24, 2.45) is 0 Å². The van der Waals surface area contributed by atoms with Crippen LogP contribution in [0.15, 0.2) is 0 Å². The number of carbonyl (C=O) groups is 1. The van der Waals surface area contributed by atoms with Gasteiger partial charge in [-0.15, -0.1) is 0 Å². The van der Waals surface area contributed by atoms with E-state index in [1.165, 1.54) is 0 Å². The average Bonchev–Trinajstić information content (AvgIpc) is 0.811. The largest absolute Gasteiger partial charge is 0.503 e. The van der Waals surface area contributed by atoms with Crippen molar-refractivity contribution in [3.8, 4) is 0 Å². The molecule has 6 heavy (non-hydrogen) atoms. The minimum Gasteiger partial charge on any atom is -0.450 e. The van der Waals surface area contributed by atoms with Crippen LogP contribution in [0.1, 0.15) is 0 Å². The van der Waals surface area contributed by atoms with E-state index in [1.54, 1.807) is 0 Å². The molecule has 0 atom stereocenters. The van der Waals surface area contributed by atoms with Gasteiger partial charge in [-0.1, -0.05) is 0 Å². The fourth-order valence-electron chi connectivity index (χ4n) is 0. The van der Waals surface area contributed by atoms with Gasteiger partial charge < -0.3 is 10.2 Å². The van der Waals surface area contributed by atoms with Crippen molar-refractivity contribution < 1.29 is 48.3 Å². The summed E-state index contributed by atoms with van der Waals surface area (Å²) in [6.45, 7) is 0. The molecule has 0 bridgehead atoms. The number of carboxylic acid groups (broad SMARTS) is 2. The quantitative estimate of drug-likeness (QED) is 0.523. The zero-order valence-electron chi connectivity index (χ0n) is 2.45. The second-order valence-corrected chi connectivity index (χ2v) is 0.283. The van der Waals surface area contributed by atoms with E-state index in [0.717, 1.165) is 0 Å². The van der Waals surface area contributed by atoms with Crippen LogP contribution in [0.2, 0.25) is 0 Å². The van der Waals surface area contributed by atoms with Gasteiger partial charge in [0.05, 0.1) is 0 Å². The van der Waals surface area contributed by atoms with Gasteiger partial charge >= 0.3 is 6.16 Å². The molecule has 2 N–H and O–H groups in total. The molecular weight excluding hydrogens is 178 g/mol. The fraction of sp³-hybridized carbons (Fsp3) is 0. The molecule has 0 saturated heterocycles. The summed E-state index contributed by atoms with van der Waals surface area (Å²) in [5.41, 5.74) is 0. The Bertz CT molecular complexity index is 33.8. The SMILES string of the molecule is O=C(O)O.[Co].[Ni]. The van der Waals surface area contributed by atoms with Gasteiger partial charge in [-0.05, 0) is 0 Å². The van der Waals surface area contributed by atoms with Gasteiger partial charge in [-0.25, -0.2) is 4.79 Å². The predicted octanol–water partition coefficient (Wildman–Crippen LogP) is 0.217. The topological polar surface area (TPSA) is 57.5 Å². The van der Waals surface area contributed by atoms with Gasteiger partial charge in [0.1, 0.15) is 0 Å². The molecule has 0 spiro atoms. The van der Waals surface area contributed by atoms with Crippen LogP contribution in [0.3, 0.4) is 0 Å². The average molecular weight is 180 g/mol. The van der Waals surface area contributed by atoms with Crippen molar-refractivity contribution in [3.63, 3.8) is 0 Å². The Balaban J connectivity index is -0.0000000450. The summed E-state index contributed by atoms with van der Waals surface area (Å²) in [5, 5.41) is 13.9. The second-order valence-electron chi connectivity index (χ2n) is 0.283. The fourth-order valence-corrected chi connectivity index (χ4v) is 0. The zero-order chi connectivity index (χ0) is 3.58. The van der Waals surface area contributed by atoms with Crippen molar-refractivity contribution in [1.29, 1.82) is 0 Å². The maximum Gasteiger partial charge on any atom is 0.503 e. The molecule has 0 amide bonds. The molecule has 0 unspecified atom stereocenters. The van der Waals surface area contributed by atoms with Crippen LogP contribution in [0, 0.1) is 0 Å². The van der Waals surface area contributed by atoms with Gasteiger partial charge in [0.2, 0.25) is 0 Å². The summed E-state index contributed by atoms with van der Waals surface area (Å²) in [6.07, 6.45) is -1.83. The summed E-state index contributed by atoms with van der Waals surface area (Å²) in [4.78, 5) is 8.56. The standard InChI is InChI=1S/CH2O3.Co.Ni/c2-1(3)4;;/h(H2,2,3,4);;. The Morgan fingerprint density at radius 2 is 1.33 bits per heavy atom. The third-order valence-corrected chi connectivity index (χ3v) is 0. The summed E-state index contributed by atoms with van der Waals surface area (Å²) in [5.74, 6) is 0. The number of hydrogen-bond acceptors (Lipinski definition) is 1. The monoisotopic (exact) mass is 179 g/mol. The van der Waals surface area contributed by atoms with E-state index in [2.05, 4.69) is 0 Å². The smallest absolute Gasteiger partial charge is 0.450 e. The van der Waals surface area contributed by atoms with Gasteiger partial charge in [0.25, 0.3) is 0 Å². The Hall–Kier alpha value is 0.270. The summed E-state index contributed by atoms with van der Waals surface area (Å²) in [6, 6.07) is 0. The van der Waals surface area contributed by atoms with E-state index in [0.29, 0.717) is 0 Å². The molecule has 0 aliphatic heterocycles. The van der Waals surface area contributed by atoms with Crippen LogP contribution < -0.4 is 0 Å². The van der Waals surface area contributed by atoms with Crippen molar-refractivity contribution in [3.05, 3.63) is 0 Å². The molecule has 0 aromatic heterocycles. The van der Waals surface area contributed by atoms with Gasteiger partial charge in [0.15, 0.2) is 0 Å². The summed E-state index contributed by atoms with van der Waals surface area (Å²) >= 11 is 0. The minimum atomic E-state index is -1.83. The van der Waals surface area contributed by atoms with E-state index in [-0.39, 0.29) is 33.3 Å². The first-order valence-electron chi connectivity index (χ1n) is 0.651. The first-order valence-corrected chi connectivity index (χ1v) is 0.651. The van der Waals surface area contributed by atoms with Crippen LogP contribution in [0.25, 0.3) is 0 Å². The first-order chi connectivity index (χ1) is 1.73. The van der Waals surface area contributed by atoms with E-state index in [4.69, 9.17) is 15.0 Å². The molecule has 43 valence electrons. The molecule has 0 aliphatic carbocycles. The first kappa shape index (κ1) is 16.3. The number of rotatable bonds is 0. The maximum atomic E-state index is 8.56. The second kappa shape index (κ2) is 8.99. The number of hydrogen-bond donors (Lipinski definition) is 2. The minimum absolute atomic E-state index is 0. The molecular formula is CH2CoNiO3.